The molecule has 2 aromatic rings. The van der Waals surface area contributed by atoms with Crippen molar-refractivity contribution in [3.8, 4) is 11.5 Å². The molecule has 0 bridgehead atoms. The average molecular weight is 320 g/mol. The van der Waals surface area contributed by atoms with Gasteiger partial charge in [-0.15, -0.1) is 0 Å². The van der Waals surface area contributed by atoms with Gasteiger partial charge in [-0.05, 0) is 68.3 Å². The highest BCUT2D eigenvalue weighted by Gasteiger charge is 2.12. The number of phenols is 2. The first kappa shape index (κ1) is 16.7. The van der Waals surface area contributed by atoms with E-state index in [9.17, 15) is 10.2 Å². The van der Waals surface area contributed by atoms with Crippen LogP contribution >= 0.6 is 11.6 Å². The van der Waals surface area contributed by atoms with Crippen LogP contribution < -0.4 is 0 Å². The Balaban J connectivity index is 1.90. The van der Waals surface area contributed by atoms with E-state index in [4.69, 9.17) is 11.6 Å². The molecule has 3 nitrogen and oxygen atoms in total. The standard InChI is InChI=1S/C18H22ClNO2/c1-13(3-4-14-5-7-16(21)8-6-14)20(2)12-15-11-17(22)9-10-18(15)19/h5-11,13,21-22H,3-4,12H2,1-2H3. The van der Waals surface area contributed by atoms with Crippen molar-refractivity contribution in [1.82, 2.24) is 4.90 Å². The maximum Gasteiger partial charge on any atom is 0.116 e. The number of benzene rings is 2. The summed E-state index contributed by atoms with van der Waals surface area (Å²) in [5.41, 5.74) is 2.15. The third-order valence-electron chi connectivity index (χ3n) is 3.99. The van der Waals surface area contributed by atoms with Crippen molar-refractivity contribution >= 4 is 11.6 Å². The van der Waals surface area contributed by atoms with Crippen LogP contribution in [-0.4, -0.2) is 28.2 Å². The van der Waals surface area contributed by atoms with Crippen molar-refractivity contribution in [2.75, 3.05) is 7.05 Å². The quantitative estimate of drug-likeness (QED) is 0.838. The molecule has 0 heterocycles. The Morgan fingerprint density at radius 1 is 1.05 bits per heavy atom. The van der Waals surface area contributed by atoms with Crippen LogP contribution in [0.1, 0.15) is 24.5 Å². The molecule has 0 fully saturated rings. The lowest BCUT2D eigenvalue weighted by Gasteiger charge is -2.25. The molecule has 2 N–H and O–H groups in total. The lowest BCUT2D eigenvalue weighted by molar-refractivity contribution is 0.238. The van der Waals surface area contributed by atoms with Gasteiger partial charge >= 0.3 is 0 Å². The van der Waals surface area contributed by atoms with Gasteiger partial charge in [-0.2, -0.15) is 0 Å². The zero-order chi connectivity index (χ0) is 16.1. The molecule has 0 amide bonds. The molecule has 0 saturated heterocycles. The summed E-state index contributed by atoms with van der Waals surface area (Å²) >= 11 is 6.17. The Hall–Kier alpha value is -1.71. The number of nitrogens with zero attached hydrogens (tertiary/aromatic N) is 1. The largest absolute Gasteiger partial charge is 0.508 e. The normalized spacial score (nSPS) is 12.5. The second kappa shape index (κ2) is 7.52. The van der Waals surface area contributed by atoms with Gasteiger partial charge in [0.15, 0.2) is 0 Å². The highest BCUT2D eigenvalue weighted by Crippen LogP contribution is 2.23. The minimum atomic E-state index is 0.240. The van der Waals surface area contributed by atoms with E-state index in [1.54, 1.807) is 30.3 Å². The average Bonchev–Trinajstić information content (AvgIpc) is 2.50. The number of phenolic OH excluding ortho intramolecular Hbond substituents is 2. The number of rotatable bonds is 6. The second-order valence-corrected chi connectivity index (χ2v) is 6.15. The van der Waals surface area contributed by atoms with Gasteiger partial charge in [-0.25, -0.2) is 0 Å². The van der Waals surface area contributed by atoms with Crippen LogP contribution in [0.15, 0.2) is 42.5 Å². The van der Waals surface area contributed by atoms with Crippen LogP contribution in [0, 0.1) is 0 Å². The van der Waals surface area contributed by atoms with Crippen LogP contribution in [0.3, 0.4) is 0 Å². The fraction of sp³-hybridized carbons (Fsp3) is 0.333. The molecule has 1 atom stereocenters. The molecular weight excluding hydrogens is 298 g/mol. The molecule has 0 aliphatic heterocycles. The SMILES string of the molecule is CC(CCc1ccc(O)cc1)N(C)Cc1cc(O)ccc1Cl. The predicted molar refractivity (Wildman–Crippen MR) is 90.5 cm³/mol. The van der Waals surface area contributed by atoms with Gasteiger partial charge in [0.2, 0.25) is 0 Å². The molecule has 0 radical (unpaired) electrons. The van der Waals surface area contributed by atoms with Gasteiger partial charge in [-0.1, -0.05) is 23.7 Å². The molecule has 2 aromatic carbocycles. The highest BCUT2D eigenvalue weighted by molar-refractivity contribution is 6.31. The molecule has 0 aliphatic rings. The Labute approximate surface area is 136 Å². The zero-order valence-electron chi connectivity index (χ0n) is 13.0. The van der Waals surface area contributed by atoms with Crippen molar-refractivity contribution in [2.45, 2.75) is 32.4 Å². The molecule has 0 aliphatic carbocycles. The second-order valence-electron chi connectivity index (χ2n) is 5.74. The fourth-order valence-corrected chi connectivity index (χ4v) is 2.54. The Morgan fingerprint density at radius 3 is 2.36 bits per heavy atom. The van der Waals surface area contributed by atoms with Crippen LogP contribution in [0.2, 0.25) is 5.02 Å². The topological polar surface area (TPSA) is 43.7 Å². The van der Waals surface area contributed by atoms with Crippen molar-refractivity contribution in [2.24, 2.45) is 0 Å². The van der Waals surface area contributed by atoms with Crippen molar-refractivity contribution in [3.05, 3.63) is 58.6 Å². The summed E-state index contributed by atoms with van der Waals surface area (Å²) in [5.74, 6) is 0.539. The van der Waals surface area contributed by atoms with Gasteiger partial charge in [0.1, 0.15) is 11.5 Å². The molecule has 22 heavy (non-hydrogen) atoms. The zero-order valence-corrected chi connectivity index (χ0v) is 13.7. The minimum absolute atomic E-state index is 0.240. The van der Waals surface area contributed by atoms with E-state index >= 15 is 0 Å². The number of aryl methyl sites for hydroxylation is 1. The van der Waals surface area contributed by atoms with Gasteiger partial charge in [0.25, 0.3) is 0 Å². The molecule has 0 aromatic heterocycles. The maximum atomic E-state index is 9.57. The number of hydrogen-bond acceptors (Lipinski definition) is 3. The maximum absolute atomic E-state index is 9.57. The molecule has 0 spiro atoms. The molecule has 0 saturated carbocycles. The van der Waals surface area contributed by atoms with E-state index in [-0.39, 0.29) is 5.75 Å². The molecule has 1 unspecified atom stereocenters. The minimum Gasteiger partial charge on any atom is -0.508 e. The highest BCUT2D eigenvalue weighted by atomic mass is 35.5. The van der Waals surface area contributed by atoms with Gasteiger partial charge in [0, 0.05) is 17.6 Å². The Bertz CT molecular complexity index is 613. The first-order valence-corrected chi connectivity index (χ1v) is 7.79. The molecule has 118 valence electrons. The van der Waals surface area contributed by atoms with E-state index in [1.807, 2.05) is 12.1 Å². The first-order valence-electron chi connectivity index (χ1n) is 7.41. The van der Waals surface area contributed by atoms with E-state index in [1.165, 1.54) is 5.56 Å². The summed E-state index contributed by atoms with van der Waals surface area (Å²) in [6.07, 6.45) is 1.97. The summed E-state index contributed by atoms with van der Waals surface area (Å²) in [6, 6.07) is 12.8. The van der Waals surface area contributed by atoms with Gasteiger partial charge in [0.05, 0.1) is 0 Å². The number of hydrogen-bond donors (Lipinski definition) is 2. The van der Waals surface area contributed by atoms with Crippen LogP contribution in [0.5, 0.6) is 11.5 Å². The third kappa shape index (κ3) is 4.65. The summed E-state index contributed by atoms with van der Waals surface area (Å²) in [7, 11) is 2.06. The van der Waals surface area contributed by atoms with E-state index in [0.717, 1.165) is 18.4 Å². The Morgan fingerprint density at radius 2 is 1.68 bits per heavy atom. The number of halogens is 1. The van der Waals surface area contributed by atoms with E-state index in [2.05, 4.69) is 18.9 Å². The fourth-order valence-electron chi connectivity index (χ4n) is 2.37. The molecular formula is C18H22ClNO2. The van der Waals surface area contributed by atoms with Crippen LogP contribution in [-0.2, 0) is 13.0 Å². The number of aromatic hydroxyl groups is 2. The summed E-state index contributed by atoms with van der Waals surface area (Å²) in [6.45, 7) is 2.88. The Kier molecular flexibility index (Phi) is 5.69. The van der Waals surface area contributed by atoms with Gasteiger partial charge < -0.3 is 10.2 Å². The third-order valence-corrected chi connectivity index (χ3v) is 4.36. The summed E-state index contributed by atoms with van der Waals surface area (Å²) in [4.78, 5) is 2.22. The van der Waals surface area contributed by atoms with Crippen LogP contribution in [0.4, 0.5) is 0 Å². The van der Waals surface area contributed by atoms with Crippen LogP contribution in [0.25, 0.3) is 0 Å². The summed E-state index contributed by atoms with van der Waals surface area (Å²) in [5, 5.41) is 19.5. The van der Waals surface area contributed by atoms with E-state index in [0.29, 0.717) is 23.4 Å². The van der Waals surface area contributed by atoms with Gasteiger partial charge in [-0.3, -0.25) is 4.90 Å². The molecule has 2 rings (SSSR count). The smallest absolute Gasteiger partial charge is 0.116 e. The van der Waals surface area contributed by atoms with Crippen molar-refractivity contribution < 1.29 is 10.2 Å². The summed E-state index contributed by atoms with van der Waals surface area (Å²) < 4.78 is 0. The predicted octanol–water partition coefficient (Wildman–Crippen LogP) is 4.20. The first-order chi connectivity index (χ1) is 10.5. The van der Waals surface area contributed by atoms with E-state index < -0.39 is 0 Å². The van der Waals surface area contributed by atoms with Crippen molar-refractivity contribution in [3.63, 3.8) is 0 Å². The monoisotopic (exact) mass is 319 g/mol. The lowest BCUT2D eigenvalue weighted by atomic mass is 10.0. The lowest BCUT2D eigenvalue weighted by Crippen LogP contribution is -2.29. The molecule has 4 heteroatoms. The van der Waals surface area contributed by atoms with Crippen molar-refractivity contribution in [1.29, 1.82) is 0 Å².